The monoisotopic (exact) mass is 238 g/mol. The summed E-state index contributed by atoms with van der Waals surface area (Å²) in [7, 11) is 0. The Labute approximate surface area is 103 Å². The summed E-state index contributed by atoms with van der Waals surface area (Å²) in [6.45, 7) is 0. The van der Waals surface area contributed by atoms with E-state index < -0.39 is 0 Å². The number of nitrogens with zero attached hydrogens (tertiary/aromatic N) is 4. The van der Waals surface area contributed by atoms with Gasteiger partial charge in [0, 0.05) is 5.57 Å². The van der Waals surface area contributed by atoms with E-state index in [1.807, 2.05) is 12.2 Å². The van der Waals surface area contributed by atoms with Crippen LogP contribution >= 0.6 is 0 Å². The first-order chi connectivity index (χ1) is 8.84. The molecule has 2 aliphatic rings. The molecule has 0 radical (unpaired) electrons. The number of carbonyl (C=O) groups is 1. The quantitative estimate of drug-likeness (QED) is 0.757. The van der Waals surface area contributed by atoms with Gasteiger partial charge in [0.15, 0.2) is 5.65 Å². The van der Waals surface area contributed by atoms with Gasteiger partial charge in [-0.25, -0.2) is 19.5 Å². The van der Waals surface area contributed by atoms with Gasteiger partial charge in [0.2, 0.25) is 0 Å². The molecule has 88 valence electrons. The molecule has 0 amide bonds. The van der Waals surface area contributed by atoms with Crippen LogP contribution in [0.4, 0.5) is 0 Å². The van der Waals surface area contributed by atoms with E-state index in [4.69, 9.17) is 0 Å². The Morgan fingerprint density at radius 2 is 2.33 bits per heavy atom. The van der Waals surface area contributed by atoms with Gasteiger partial charge in [-0.15, -0.1) is 0 Å². The molecule has 4 rings (SSSR count). The Hall–Kier alpha value is -2.30. The molecule has 0 bridgehead atoms. The zero-order valence-electron chi connectivity index (χ0n) is 9.52. The molecule has 2 aromatic heterocycles. The number of fused-ring (bicyclic) bond motifs is 2. The maximum absolute atomic E-state index is 12.5. The van der Waals surface area contributed by atoms with E-state index in [1.165, 1.54) is 17.2 Å². The number of carbonyl (C=O) groups excluding carboxylic acids is 1. The number of hydrogen-bond donors (Lipinski definition) is 0. The summed E-state index contributed by atoms with van der Waals surface area (Å²) in [5, 5.41) is 0. The van der Waals surface area contributed by atoms with E-state index in [0.717, 1.165) is 12.0 Å². The number of aromatic nitrogens is 4. The number of hydrogen-bond acceptors (Lipinski definition) is 4. The van der Waals surface area contributed by atoms with Crippen molar-refractivity contribution in [2.45, 2.75) is 6.42 Å². The summed E-state index contributed by atoms with van der Waals surface area (Å²) in [6, 6.07) is 0. The second kappa shape index (κ2) is 3.35. The normalized spacial score (nSPS) is 24.8. The molecule has 2 unspecified atom stereocenters. The van der Waals surface area contributed by atoms with Crippen molar-refractivity contribution in [3.05, 3.63) is 42.7 Å². The summed E-state index contributed by atoms with van der Waals surface area (Å²) in [5.41, 5.74) is 2.08. The van der Waals surface area contributed by atoms with Crippen LogP contribution in [-0.4, -0.2) is 25.4 Å². The fraction of sp³-hybridized carbons (Fsp3) is 0.231. The average Bonchev–Trinajstić information content (AvgIpc) is 3.08. The third-order valence-electron chi connectivity index (χ3n) is 3.55. The van der Waals surface area contributed by atoms with Crippen molar-refractivity contribution in [2.75, 3.05) is 0 Å². The molecule has 1 saturated carbocycles. The van der Waals surface area contributed by atoms with Crippen LogP contribution in [0.5, 0.6) is 0 Å². The Bertz CT molecular complexity index is 713. The van der Waals surface area contributed by atoms with Crippen molar-refractivity contribution in [3.8, 4) is 0 Å². The maximum atomic E-state index is 12.5. The smallest absolute Gasteiger partial charge is 0.261 e. The van der Waals surface area contributed by atoms with Crippen LogP contribution in [0.1, 0.15) is 11.2 Å². The molecule has 0 saturated heterocycles. The van der Waals surface area contributed by atoms with Gasteiger partial charge >= 0.3 is 0 Å². The molecule has 0 spiro atoms. The number of allylic oxidation sites excluding steroid dienone is 4. The first-order valence-corrected chi connectivity index (χ1v) is 5.91. The first kappa shape index (κ1) is 9.70. The molecule has 2 atom stereocenters. The maximum Gasteiger partial charge on any atom is 0.261 e. The van der Waals surface area contributed by atoms with Crippen LogP contribution in [0.2, 0.25) is 0 Å². The van der Waals surface area contributed by atoms with Gasteiger partial charge in [0.05, 0.1) is 6.20 Å². The summed E-state index contributed by atoms with van der Waals surface area (Å²) in [6.07, 6.45) is 11.7. The zero-order chi connectivity index (χ0) is 12.1. The van der Waals surface area contributed by atoms with Gasteiger partial charge in [-0.3, -0.25) is 4.79 Å². The van der Waals surface area contributed by atoms with Gasteiger partial charge in [0.1, 0.15) is 18.2 Å². The van der Waals surface area contributed by atoms with E-state index in [0.29, 0.717) is 23.0 Å². The van der Waals surface area contributed by atoms with Crippen molar-refractivity contribution in [1.29, 1.82) is 0 Å². The van der Waals surface area contributed by atoms with E-state index >= 15 is 0 Å². The predicted molar refractivity (Wildman–Crippen MR) is 64.8 cm³/mol. The van der Waals surface area contributed by atoms with E-state index in [-0.39, 0.29) is 5.91 Å². The van der Waals surface area contributed by atoms with Crippen molar-refractivity contribution < 1.29 is 4.79 Å². The largest absolute Gasteiger partial charge is 0.269 e. The lowest BCUT2D eigenvalue weighted by atomic mass is 10.0. The minimum absolute atomic E-state index is 0.0203. The van der Waals surface area contributed by atoms with Gasteiger partial charge in [-0.05, 0) is 18.3 Å². The highest BCUT2D eigenvalue weighted by Gasteiger charge is 2.42. The van der Waals surface area contributed by atoms with E-state index in [2.05, 4.69) is 21.0 Å². The fourth-order valence-corrected chi connectivity index (χ4v) is 2.50. The van der Waals surface area contributed by atoms with E-state index in [1.54, 1.807) is 6.20 Å². The third kappa shape index (κ3) is 1.27. The summed E-state index contributed by atoms with van der Waals surface area (Å²) in [4.78, 5) is 24.6. The minimum atomic E-state index is -0.0203. The standard InChI is InChI=1S/C13H10N4O/c18-13(9-3-1-2-8-4-10(8)9)17-7-16-11-5-14-6-15-12(11)17/h1-3,5-8,10H,4H2. The predicted octanol–water partition coefficient (Wildman–Crippen LogP) is 1.60. The molecule has 18 heavy (non-hydrogen) atoms. The second-order valence-electron chi connectivity index (χ2n) is 4.66. The lowest BCUT2D eigenvalue weighted by Crippen LogP contribution is -2.15. The van der Waals surface area contributed by atoms with Gasteiger partial charge in [0.25, 0.3) is 5.91 Å². The van der Waals surface area contributed by atoms with Crippen LogP contribution in [-0.2, 0) is 0 Å². The molecule has 2 aromatic rings. The summed E-state index contributed by atoms with van der Waals surface area (Å²) >= 11 is 0. The minimum Gasteiger partial charge on any atom is -0.269 e. The highest BCUT2D eigenvalue weighted by atomic mass is 16.2. The number of rotatable bonds is 1. The van der Waals surface area contributed by atoms with Crippen LogP contribution in [0, 0.1) is 11.8 Å². The lowest BCUT2D eigenvalue weighted by Gasteiger charge is -2.08. The molecule has 2 aliphatic carbocycles. The second-order valence-corrected chi connectivity index (χ2v) is 4.66. The highest BCUT2D eigenvalue weighted by molar-refractivity contribution is 6.01. The molecule has 0 aliphatic heterocycles. The lowest BCUT2D eigenvalue weighted by molar-refractivity contribution is 0.0952. The van der Waals surface area contributed by atoms with Crippen molar-refractivity contribution in [2.24, 2.45) is 11.8 Å². The van der Waals surface area contributed by atoms with E-state index in [9.17, 15) is 4.79 Å². The summed E-state index contributed by atoms with van der Waals surface area (Å²) in [5.74, 6) is 0.924. The van der Waals surface area contributed by atoms with Crippen LogP contribution in [0.3, 0.4) is 0 Å². The third-order valence-corrected chi connectivity index (χ3v) is 3.55. The Balaban J connectivity index is 1.81. The van der Waals surface area contributed by atoms with Gasteiger partial charge < -0.3 is 0 Å². The molecule has 2 heterocycles. The zero-order valence-corrected chi connectivity index (χ0v) is 9.52. The SMILES string of the molecule is O=C(C1=CC=CC2CC12)n1cnc2cncnc21. The molecular weight excluding hydrogens is 228 g/mol. The topological polar surface area (TPSA) is 60.7 Å². The molecule has 5 heteroatoms. The molecule has 0 aromatic carbocycles. The molecular formula is C13H10N4O. The van der Waals surface area contributed by atoms with Crippen LogP contribution in [0.25, 0.3) is 11.2 Å². The summed E-state index contributed by atoms with van der Waals surface area (Å²) < 4.78 is 1.51. The highest BCUT2D eigenvalue weighted by Crippen LogP contribution is 2.47. The average molecular weight is 238 g/mol. The van der Waals surface area contributed by atoms with Crippen LogP contribution in [0.15, 0.2) is 42.7 Å². The Morgan fingerprint density at radius 3 is 3.28 bits per heavy atom. The Morgan fingerprint density at radius 1 is 1.39 bits per heavy atom. The van der Waals surface area contributed by atoms with Crippen molar-refractivity contribution >= 4 is 17.1 Å². The molecule has 0 N–H and O–H groups in total. The molecule has 1 fully saturated rings. The van der Waals surface area contributed by atoms with Crippen molar-refractivity contribution in [3.63, 3.8) is 0 Å². The van der Waals surface area contributed by atoms with Gasteiger partial charge in [-0.1, -0.05) is 18.2 Å². The number of imidazole rings is 1. The molecule has 5 nitrogen and oxygen atoms in total. The first-order valence-electron chi connectivity index (χ1n) is 5.91. The van der Waals surface area contributed by atoms with Gasteiger partial charge in [-0.2, -0.15) is 0 Å². The fourth-order valence-electron chi connectivity index (χ4n) is 2.50. The van der Waals surface area contributed by atoms with Crippen LogP contribution < -0.4 is 0 Å². The Kier molecular flexibility index (Phi) is 1.81. The van der Waals surface area contributed by atoms with Crippen molar-refractivity contribution in [1.82, 2.24) is 19.5 Å².